The Labute approximate surface area is 254 Å². The molecule has 0 atom stereocenters. The topological polar surface area (TPSA) is 44.8 Å². The smallest absolute Gasteiger partial charge is 0.338 e. The number of rotatable bonds is 30. The first-order valence-corrected chi connectivity index (χ1v) is 17.8. The van der Waals surface area contributed by atoms with E-state index in [1.54, 1.807) is 0 Å². The Morgan fingerprint density at radius 1 is 0.439 bits per heavy atom. The molecule has 238 valence electrons. The fourth-order valence-electron chi connectivity index (χ4n) is 5.19. The molecule has 0 spiro atoms. The fraction of sp³-hybridized carbons (Fsp3) is 0.811. The van der Waals surface area contributed by atoms with Crippen molar-refractivity contribution < 1.29 is 19.0 Å². The van der Waals surface area contributed by atoms with Crippen LogP contribution in [-0.2, 0) is 4.74 Å². The molecule has 0 N–H and O–H groups in total. The Kier molecular flexibility index (Phi) is 25.9. The van der Waals surface area contributed by atoms with Crippen LogP contribution in [0.1, 0.15) is 185 Å². The quantitative estimate of drug-likeness (QED) is 0.0677. The lowest BCUT2D eigenvalue weighted by Gasteiger charge is -2.13. The Morgan fingerprint density at radius 2 is 0.756 bits per heavy atom. The Bertz CT molecular complexity index is 677. The highest BCUT2D eigenvalue weighted by molar-refractivity contribution is 5.90. The average molecular weight is 575 g/mol. The second-order valence-corrected chi connectivity index (χ2v) is 12.0. The van der Waals surface area contributed by atoms with Crippen LogP contribution in [-0.4, -0.2) is 25.8 Å². The van der Waals surface area contributed by atoms with Gasteiger partial charge in [0.25, 0.3) is 0 Å². The molecule has 0 aliphatic carbocycles. The van der Waals surface area contributed by atoms with E-state index < -0.39 is 0 Å². The van der Waals surface area contributed by atoms with Crippen molar-refractivity contribution in [2.24, 2.45) is 0 Å². The van der Waals surface area contributed by atoms with Gasteiger partial charge in [0.1, 0.15) is 11.5 Å². The summed E-state index contributed by atoms with van der Waals surface area (Å²) in [6, 6.07) is 5.58. The van der Waals surface area contributed by atoms with Crippen molar-refractivity contribution in [1.29, 1.82) is 0 Å². The van der Waals surface area contributed by atoms with Crippen molar-refractivity contribution in [1.82, 2.24) is 0 Å². The minimum Gasteiger partial charge on any atom is -0.493 e. The van der Waals surface area contributed by atoms with E-state index in [-0.39, 0.29) is 5.97 Å². The van der Waals surface area contributed by atoms with Crippen molar-refractivity contribution in [3.8, 4) is 11.5 Å². The number of unbranched alkanes of at least 4 members (excludes halogenated alkanes) is 21. The van der Waals surface area contributed by atoms with Crippen LogP contribution >= 0.6 is 0 Å². The molecule has 1 aromatic carbocycles. The van der Waals surface area contributed by atoms with Gasteiger partial charge in [-0.15, -0.1) is 0 Å². The molecule has 0 saturated carbocycles. The highest BCUT2D eigenvalue weighted by Gasteiger charge is 2.12. The molecule has 0 aromatic heterocycles. The van der Waals surface area contributed by atoms with Crippen LogP contribution in [0.3, 0.4) is 0 Å². The molecular weight excluding hydrogens is 508 g/mol. The lowest BCUT2D eigenvalue weighted by molar-refractivity contribution is 0.0496. The normalized spacial score (nSPS) is 11.1. The summed E-state index contributed by atoms with van der Waals surface area (Å²) in [7, 11) is 0. The van der Waals surface area contributed by atoms with E-state index in [1.807, 2.05) is 18.2 Å². The van der Waals surface area contributed by atoms with Crippen LogP contribution in [0.15, 0.2) is 18.2 Å². The van der Waals surface area contributed by atoms with Crippen LogP contribution in [0.2, 0.25) is 0 Å². The molecular formula is C37H66O4. The molecule has 1 rings (SSSR count). The lowest BCUT2D eigenvalue weighted by Crippen LogP contribution is -2.08. The highest BCUT2D eigenvalue weighted by Crippen LogP contribution is 2.25. The van der Waals surface area contributed by atoms with Crippen LogP contribution in [0.4, 0.5) is 0 Å². The molecule has 0 bridgehead atoms. The average Bonchev–Trinajstić information content (AvgIpc) is 2.98. The van der Waals surface area contributed by atoms with Crippen LogP contribution in [0.5, 0.6) is 11.5 Å². The molecule has 0 fully saturated rings. The summed E-state index contributed by atoms with van der Waals surface area (Å²) in [6.45, 7) is 8.59. The van der Waals surface area contributed by atoms with Gasteiger partial charge < -0.3 is 14.2 Å². The van der Waals surface area contributed by atoms with Crippen molar-refractivity contribution in [2.45, 2.75) is 175 Å². The zero-order chi connectivity index (χ0) is 29.6. The Balaban J connectivity index is 2.46. The van der Waals surface area contributed by atoms with Crippen molar-refractivity contribution >= 4 is 5.97 Å². The Hall–Kier alpha value is -1.71. The summed E-state index contributed by atoms with van der Waals surface area (Å²) < 4.78 is 17.8. The maximum absolute atomic E-state index is 12.9. The van der Waals surface area contributed by atoms with Gasteiger partial charge in [0, 0.05) is 6.07 Å². The van der Waals surface area contributed by atoms with Crippen LogP contribution in [0, 0.1) is 0 Å². The van der Waals surface area contributed by atoms with Crippen LogP contribution in [0.25, 0.3) is 0 Å². The van der Waals surface area contributed by atoms with Gasteiger partial charge in [-0.1, -0.05) is 156 Å². The SMILES string of the molecule is CCCCCCCCCCOC(=O)c1cc(OCCCCCCCCCC)cc(OCCCCCCCCCC)c1. The lowest BCUT2D eigenvalue weighted by atomic mass is 10.1. The van der Waals surface area contributed by atoms with E-state index in [0.717, 1.165) is 25.7 Å². The molecule has 1 aromatic rings. The van der Waals surface area contributed by atoms with Gasteiger partial charge in [-0.05, 0) is 31.4 Å². The van der Waals surface area contributed by atoms with Gasteiger partial charge in [0.05, 0.1) is 25.4 Å². The molecule has 0 saturated heterocycles. The molecule has 4 heteroatoms. The van der Waals surface area contributed by atoms with E-state index in [0.29, 0.717) is 36.9 Å². The van der Waals surface area contributed by atoms with E-state index in [9.17, 15) is 4.79 Å². The molecule has 0 amide bonds. The van der Waals surface area contributed by atoms with Gasteiger partial charge >= 0.3 is 5.97 Å². The van der Waals surface area contributed by atoms with Gasteiger partial charge in [-0.3, -0.25) is 0 Å². The molecule has 0 unspecified atom stereocenters. The van der Waals surface area contributed by atoms with Crippen molar-refractivity contribution in [3.63, 3.8) is 0 Å². The first kappa shape index (κ1) is 37.3. The Morgan fingerprint density at radius 3 is 1.12 bits per heavy atom. The standard InChI is InChI=1S/C37H66O4/c1-4-7-10-13-16-19-22-25-28-39-35-31-34(37(38)41-30-27-24-21-18-15-12-9-6-3)32-36(33-35)40-29-26-23-20-17-14-11-8-5-2/h31-33H,4-30H2,1-3H3. The molecule has 0 aliphatic heterocycles. The summed E-state index contributed by atoms with van der Waals surface area (Å²) in [5, 5.41) is 0. The first-order chi connectivity index (χ1) is 20.2. The maximum atomic E-state index is 12.9. The molecule has 0 aliphatic rings. The number of esters is 1. The first-order valence-electron chi connectivity index (χ1n) is 17.8. The minimum absolute atomic E-state index is 0.276. The summed E-state index contributed by atoms with van der Waals surface area (Å²) >= 11 is 0. The third-order valence-electron chi connectivity index (χ3n) is 7.88. The fourth-order valence-corrected chi connectivity index (χ4v) is 5.19. The zero-order valence-corrected chi connectivity index (χ0v) is 27.5. The third kappa shape index (κ3) is 22.5. The number of ether oxygens (including phenoxy) is 3. The number of carbonyl (C=O) groups is 1. The van der Waals surface area contributed by atoms with Gasteiger partial charge in [0.15, 0.2) is 0 Å². The molecule has 4 nitrogen and oxygen atoms in total. The second kappa shape index (κ2) is 28.4. The van der Waals surface area contributed by atoms with Crippen molar-refractivity contribution in [2.75, 3.05) is 19.8 Å². The maximum Gasteiger partial charge on any atom is 0.338 e. The summed E-state index contributed by atoms with van der Waals surface area (Å²) in [5.41, 5.74) is 0.531. The van der Waals surface area contributed by atoms with E-state index in [4.69, 9.17) is 14.2 Å². The zero-order valence-electron chi connectivity index (χ0n) is 27.5. The van der Waals surface area contributed by atoms with E-state index in [2.05, 4.69) is 20.8 Å². The van der Waals surface area contributed by atoms with Gasteiger partial charge in [-0.25, -0.2) is 4.79 Å². The van der Waals surface area contributed by atoms with E-state index in [1.165, 1.54) is 128 Å². The van der Waals surface area contributed by atoms with Gasteiger partial charge in [0.2, 0.25) is 0 Å². The summed E-state index contributed by atoms with van der Waals surface area (Å²) in [4.78, 5) is 12.9. The number of hydrogen-bond donors (Lipinski definition) is 0. The molecule has 0 radical (unpaired) electrons. The minimum atomic E-state index is -0.276. The van der Waals surface area contributed by atoms with Crippen molar-refractivity contribution in [3.05, 3.63) is 23.8 Å². The predicted molar refractivity (Wildman–Crippen MR) is 176 cm³/mol. The van der Waals surface area contributed by atoms with Gasteiger partial charge in [-0.2, -0.15) is 0 Å². The molecule has 0 heterocycles. The number of carbonyl (C=O) groups excluding carboxylic acids is 1. The second-order valence-electron chi connectivity index (χ2n) is 12.0. The number of hydrogen-bond acceptors (Lipinski definition) is 4. The van der Waals surface area contributed by atoms with E-state index >= 15 is 0 Å². The third-order valence-corrected chi connectivity index (χ3v) is 7.88. The summed E-state index contributed by atoms with van der Waals surface area (Å²) in [5.74, 6) is 1.14. The predicted octanol–water partition coefficient (Wildman–Crippen LogP) is 12.0. The monoisotopic (exact) mass is 574 g/mol. The highest BCUT2D eigenvalue weighted by atomic mass is 16.5. The molecule has 41 heavy (non-hydrogen) atoms. The van der Waals surface area contributed by atoms with Crippen LogP contribution < -0.4 is 9.47 Å². The largest absolute Gasteiger partial charge is 0.493 e. The summed E-state index contributed by atoms with van der Waals surface area (Å²) in [6.07, 6.45) is 30.2. The number of benzene rings is 1.